The molecule has 11 nitrogen and oxygen atoms in total. The molecule has 3 amide bonds. The summed E-state index contributed by atoms with van der Waals surface area (Å²) < 4.78 is 16.3. The van der Waals surface area contributed by atoms with Crippen molar-refractivity contribution < 1.29 is 33.7 Å². The van der Waals surface area contributed by atoms with E-state index in [4.69, 9.17) is 14.2 Å². The molecule has 6 atom stereocenters. The number of carbonyl (C=O) groups is 3. The molecular formula is C34H46N4O7S. The van der Waals surface area contributed by atoms with E-state index in [1.807, 2.05) is 89.2 Å². The summed E-state index contributed by atoms with van der Waals surface area (Å²) in [7, 11) is 3.88. The lowest BCUT2D eigenvalue weighted by molar-refractivity contribution is -0.147. The summed E-state index contributed by atoms with van der Waals surface area (Å²) in [5.74, 6) is -0.757. The average molecular weight is 655 g/mol. The van der Waals surface area contributed by atoms with Crippen LogP contribution >= 0.6 is 11.8 Å². The molecule has 0 aromatic heterocycles. The molecule has 0 saturated carbocycles. The first-order valence-electron chi connectivity index (χ1n) is 15.8. The number of aliphatic hydroxyl groups excluding tert-OH is 1. The molecule has 0 unspecified atom stereocenters. The largest absolute Gasteiger partial charge is 0.443 e. The fraction of sp³-hybridized carbons (Fsp3) is 0.559. The number of fused-ring (bicyclic) bond motifs is 1. The molecular weight excluding hydrogens is 608 g/mol. The fourth-order valence-corrected chi connectivity index (χ4v) is 7.59. The Morgan fingerprint density at radius 2 is 1.80 bits per heavy atom. The molecule has 2 aromatic rings. The Labute approximate surface area is 275 Å². The summed E-state index contributed by atoms with van der Waals surface area (Å²) >= 11 is 1.47. The summed E-state index contributed by atoms with van der Waals surface area (Å²) in [6, 6.07) is 11.8. The van der Waals surface area contributed by atoms with E-state index < -0.39 is 41.0 Å². The first kappa shape index (κ1) is 34.0. The molecule has 3 heterocycles. The predicted octanol–water partition coefficient (Wildman–Crippen LogP) is 3.13. The lowest BCUT2D eigenvalue weighted by Crippen LogP contribution is -2.58. The maximum atomic E-state index is 14.0. The third-order valence-corrected chi connectivity index (χ3v) is 10.6. The molecule has 0 aliphatic carbocycles. The van der Waals surface area contributed by atoms with E-state index in [9.17, 15) is 19.5 Å². The molecule has 0 bridgehead atoms. The normalized spacial score (nSPS) is 24.6. The number of rotatable bonds is 10. The highest BCUT2D eigenvalue weighted by Gasteiger charge is 2.50. The molecule has 46 heavy (non-hydrogen) atoms. The van der Waals surface area contributed by atoms with Gasteiger partial charge in [0.2, 0.25) is 5.91 Å². The van der Waals surface area contributed by atoms with Crippen LogP contribution in [0.25, 0.3) is 0 Å². The van der Waals surface area contributed by atoms with Gasteiger partial charge in [-0.2, -0.15) is 0 Å². The molecule has 0 radical (unpaired) electrons. The molecule has 3 aliphatic rings. The number of aliphatic hydroxyl groups is 1. The fourth-order valence-electron chi connectivity index (χ4n) is 6.45. The van der Waals surface area contributed by atoms with Crippen molar-refractivity contribution in [2.45, 2.75) is 82.4 Å². The number of benzene rings is 2. The van der Waals surface area contributed by atoms with Gasteiger partial charge >= 0.3 is 6.09 Å². The van der Waals surface area contributed by atoms with E-state index in [0.717, 1.165) is 34.4 Å². The van der Waals surface area contributed by atoms with E-state index >= 15 is 0 Å². The van der Waals surface area contributed by atoms with Gasteiger partial charge < -0.3 is 39.8 Å². The number of nitrogens with zero attached hydrogens (tertiary/aromatic N) is 2. The number of anilines is 1. The smallest absolute Gasteiger partial charge is 0.407 e. The van der Waals surface area contributed by atoms with Crippen molar-refractivity contribution in [1.29, 1.82) is 0 Å². The highest BCUT2D eigenvalue weighted by atomic mass is 32.2. The zero-order chi connectivity index (χ0) is 33.2. The number of alkyl carbamates (subject to hydrolysis) is 1. The second kappa shape index (κ2) is 14.2. The van der Waals surface area contributed by atoms with Crippen molar-refractivity contribution in [1.82, 2.24) is 15.5 Å². The molecule has 250 valence electrons. The van der Waals surface area contributed by atoms with Crippen LogP contribution in [0.5, 0.6) is 0 Å². The minimum atomic E-state index is -1.63. The first-order chi connectivity index (χ1) is 21.9. The van der Waals surface area contributed by atoms with Gasteiger partial charge in [0.25, 0.3) is 5.91 Å². The van der Waals surface area contributed by atoms with Crippen LogP contribution in [-0.4, -0.2) is 96.4 Å². The summed E-state index contributed by atoms with van der Waals surface area (Å²) in [5, 5.41) is 17.4. The molecule has 0 spiro atoms. The van der Waals surface area contributed by atoms with Crippen LogP contribution in [0.1, 0.15) is 42.5 Å². The van der Waals surface area contributed by atoms with Crippen molar-refractivity contribution in [2.75, 3.05) is 38.1 Å². The first-order valence-corrected chi connectivity index (χ1v) is 16.8. The number of nitrogens with one attached hydrogen (secondary N) is 2. The van der Waals surface area contributed by atoms with Gasteiger partial charge in [-0.05, 0) is 74.9 Å². The summed E-state index contributed by atoms with van der Waals surface area (Å²) in [6.45, 7) is 8.94. The quantitative estimate of drug-likeness (QED) is 0.354. The standard InChI is InChI=1S/C34H46N4O7S/c1-20-8-7-9-21(2)25(20)17-35-30(40)29-34(3,4)46-19-38(29)31(41)28(39)26(16-22-10-12-23(13-11-22)37(5)6)36-33(42)45-27-18-44-32-24(27)14-15-43-32/h7-13,24,26-29,32,39H,14-19H2,1-6H3,(H,35,40)(H,36,42)/t24-,26+,27-,28+,29-,32+/m1/s1. The van der Waals surface area contributed by atoms with E-state index in [2.05, 4.69) is 10.6 Å². The van der Waals surface area contributed by atoms with Crippen molar-refractivity contribution >= 4 is 35.4 Å². The van der Waals surface area contributed by atoms with E-state index in [1.54, 1.807) is 0 Å². The maximum absolute atomic E-state index is 14.0. The highest BCUT2D eigenvalue weighted by Crippen LogP contribution is 2.40. The second-order valence-corrected chi connectivity index (χ2v) is 14.7. The third kappa shape index (κ3) is 7.46. The van der Waals surface area contributed by atoms with Gasteiger partial charge in [0, 0.05) is 31.1 Å². The number of carbonyl (C=O) groups excluding carboxylic acids is 3. The van der Waals surface area contributed by atoms with Crippen molar-refractivity contribution in [2.24, 2.45) is 5.92 Å². The molecule has 3 fully saturated rings. The van der Waals surface area contributed by atoms with Crippen LogP contribution in [0.3, 0.4) is 0 Å². The number of hydrogen-bond acceptors (Lipinski definition) is 9. The Morgan fingerprint density at radius 3 is 2.48 bits per heavy atom. The predicted molar refractivity (Wildman–Crippen MR) is 176 cm³/mol. The maximum Gasteiger partial charge on any atom is 0.407 e. The highest BCUT2D eigenvalue weighted by molar-refractivity contribution is 8.00. The van der Waals surface area contributed by atoms with Crippen LogP contribution in [0.15, 0.2) is 42.5 Å². The lowest BCUT2D eigenvalue weighted by Gasteiger charge is -2.33. The van der Waals surface area contributed by atoms with E-state index in [1.165, 1.54) is 16.7 Å². The number of aryl methyl sites for hydroxylation is 2. The summed E-state index contributed by atoms with van der Waals surface area (Å²) in [5.41, 5.74) is 4.98. The van der Waals surface area contributed by atoms with Gasteiger partial charge in [-0.3, -0.25) is 9.59 Å². The molecule has 3 aliphatic heterocycles. The van der Waals surface area contributed by atoms with Crippen LogP contribution < -0.4 is 15.5 Å². The van der Waals surface area contributed by atoms with Crippen LogP contribution in [0.2, 0.25) is 0 Å². The van der Waals surface area contributed by atoms with Crippen molar-refractivity contribution in [3.05, 3.63) is 64.7 Å². The Bertz CT molecular complexity index is 1400. The molecule has 2 aromatic carbocycles. The monoisotopic (exact) mass is 654 g/mol. The Balaban J connectivity index is 1.32. The van der Waals surface area contributed by atoms with Gasteiger partial charge in [-0.25, -0.2) is 4.79 Å². The molecule has 12 heteroatoms. The van der Waals surface area contributed by atoms with Gasteiger partial charge in [0.1, 0.15) is 12.1 Å². The molecule has 5 rings (SSSR count). The summed E-state index contributed by atoms with van der Waals surface area (Å²) in [6.07, 6.45) is -2.36. The van der Waals surface area contributed by atoms with Gasteiger partial charge in [-0.1, -0.05) is 30.3 Å². The Kier molecular flexibility index (Phi) is 10.5. The topological polar surface area (TPSA) is 130 Å². The number of amides is 3. The summed E-state index contributed by atoms with van der Waals surface area (Å²) in [4.78, 5) is 44.3. The number of thioether (sulfide) groups is 1. The van der Waals surface area contributed by atoms with Gasteiger partial charge in [0.05, 0.1) is 31.1 Å². The Morgan fingerprint density at radius 1 is 1.11 bits per heavy atom. The average Bonchev–Trinajstić information content (AvgIpc) is 3.71. The minimum absolute atomic E-state index is 0.0547. The lowest BCUT2D eigenvalue weighted by atomic mass is 9.97. The number of hydrogen-bond donors (Lipinski definition) is 3. The van der Waals surface area contributed by atoms with E-state index in [-0.39, 0.29) is 37.0 Å². The van der Waals surface area contributed by atoms with Crippen molar-refractivity contribution in [3.8, 4) is 0 Å². The zero-order valence-electron chi connectivity index (χ0n) is 27.4. The molecule has 3 N–H and O–H groups in total. The molecule has 3 saturated heterocycles. The van der Waals surface area contributed by atoms with E-state index in [0.29, 0.717) is 13.2 Å². The minimum Gasteiger partial charge on any atom is -0.443 e. The van der Waals surface area contributed by atoms with Gasteiger partial charge in [0.15, 0.2) is 12.4 Å². The van der Waals surface area contributed by atoms with Crippen LogP contribution in [0.4, 0.5) is 10.5 Å². The zero-order valence-corrected chi connectivity index (χ0v) is 28.3. The van der Waals surface area contributed by atoms with Gasteiger partial charge in [-0.15, -0.1) is 11.8 Å². The third-order valence-electron chi connectivity index (χ3n) is 9.25. The SMILES string of the molecule is Cc1cccc(C)c1CNC(=O)[C@H]1N(C(=O)[C@@H](O)[C@H](Cc2ccc(N(C)C)cc2)NC(=O)O[C@@H]2CO[C@@H]3OCC[C@@H]32)CSC1(C)C. The Hall–Kier alpha value is -3.32. The van der Waals surface area contributed by atoms with Crippen LogP contribution in [-0.2, 0) is 36.8 Å². The second-order valence-electron chi connectivity index (χ2n) is 13.1. The van der Waals surface area contributed by atoms with Crippen LogP contribution in [0, 0.1) is 19.8 Å². The van der Waals surface area contributed by atoms with Crippen molar-refractivity contribution in [3.63, 3.8) is 0 Å². The number of ether oxygens (including phenoxy) is 3.